The Morgan fingerprint density at radius 1 is 1.15 bits per heavy atom. The predicted octanol–water partition coefficient (Wildman–Crippen LogP) is 3.61. The summed E-state index contributed by atoms with van der Waals surface area (Å²) in [6.45, 7) is 3.62. The van der Waals surface area contributed by atoms with Crippen molar-refractivity contribution in [3.8, 4) is 5.88 Å². The van der Waals surface area contributed by atoms with Crippen LogP contribution >= 0.6 is 11.3 Å². The summed E-state index contributed by atoms with van der Waals surface area (Å²) < 4.78 is 5.33. The molecule has 0 radical (unpaired) electrons. The van der Waals surface area contributed by atoms with Crippen LogP contribution in [0.25, 0.3) is 0 Å². The van der Waals surface area contributed by atoms with E-state index < -0.39 is 12.0 Å². The van der Waals surface area contributed by atoms with E-state index in [2.05, 4.69) is 20.6 Å². The number of carbonyl (C=O) groups is 2. The van der Waals surface area contributed by atoms with E-state index >= 15 is 0 Å². The van der Waals surface area contributed by atoms with E-state index in [-0.39, 0.29) is 5.88 Å². The van der Waals surface area contributed by atoms with E-state index in [1.807, 2.05) is 6.92 Å². The second-order valence-corrected chi connectivity index (χ2v) is 6.84. The van der Waals surface area contributed by atoms with E-state index in [4.69, 9.17) is 10.5 Å². The van der Waals surface area contributed by atoms with Gasteiger partial charge < -0.3 is 15.8 Å². The molecule has 0 aliphatic rings. The lowest BCUT2D eigenvalue weighted by atomic mass is 10.2. The van der Waals surface area contributed by atoms with Crippen LogP contribution in [0.2, 0.25) is 0 Å². The Labute approximate surface area is 159 Å². The number of thiazole rings is 1. The topological polar surface area (TPSA) is 119 Å². The first kappa shape index (κ1) is 18.3. The zero-order chi connectivity index (χ0) is 19.4. The first-order chi connectivity index (χ1) is 12.9. The number of amides is 2. The first-order valence-electron chi connectivity index (χ1n) is 7.96. The number of pyridine rings is 1. The van der Waals surface area contributed by atoms with Crippen molar-refractivity contribution in [3.63, 3.8) is 0 Å². The maximum Gasteiger partial charge on any atom is 0.418 e. The Kier molecular flexibility index (Phi) is 5.32. The SMILES string of the molecule is Cc1cc(NC(=O)Oc2nc(C)sc2Nc2cccc(C(N)=O)c2)ccn1. The Bertz CT molecular complexity index is 1000. The second kappa shape index (κ2) is 7.83. The molecule has 138 valence electrons. The molecule has 2 aromatic heterocycles. The van der Waals surface area contributed by atoms with Crippen LogP contribution in [0.4, 0.5) is 21.2 Å². The minimum absolute atomic E-state index is 0.144. The van der Waals surface area contributed by atoms with Gasteiger partial charge in [-0.05, 0) is 44.2 Å². The van der Waals surface area contributed by atoms with Crippen LogP contribution in [0.3, 0.4) is 0 Å². The van der Waals surface area contributed by atoms with Crippen LogP contribution in [0.1, 0.15) is 21.1 Å². The molecule has 0 atom stereocenters. The van der Waals surface area contributed by atoms with Gasteiger partial charge in [0.05, 0.1) is 5.01 Å². The summed E-state index contributed by atoms with van der Waals surface area (Å²) in [5, 5.41) is 6.98. The van der Waals surface area contributed by atoms with E-state index in [1.54, 1.807) is 49.5 Å². The highest BCUT2D eigenvalue weighted by molar-refractivity contribution is 7.16. The zero-order valence-corrected chi connectivity index (χ0v) is 15.5. The fourth-order valence-corrected chi connectivity index (χ4v) is 3.06. The molecule has 0 fully saturated rings. The van der Waals surface area contributed by atoms with Crippen molar-refractivity contribution in [2.24, 2.45) is 5.73 Å². The smallest absolute Gasteiger partial charge is 0.388 e. The van der Waals surface area contributed by atoms with Gasteiger partial charge in [-0.25, -0.2) is 9.78 Å². The van der Waals surface area contributed by atoms with Crippen LogP contribution in [-0.4, -0.2) is 22.0 Å². The van der Waals surface area contributed by atoms with Crippen LogP contribution < -0.4 is 21.1 Å². The first-order valence-corrected chi connectivity index (χ1v) is 8.78. The second-order valence-electron chi connectivity index (χ2n) is 5.64. The number of hydrogen-bond donors (Lipinski definition) is 3. The van der Waals surface area contributed by atoms with Crippen molar-refractivity contribution in [3.05, 3.63) is 58.9 Å². The number of nitrogens with zero attached hydrogens (tertiary/aromatic N) is 2. The number of aryl methyl sites for hydroxylation is 2. The molecule has 0 unspecified atom stereocenters. The molecule has 3 aromatic rings. The highest BCUT2D eigenvalue weighted by Gasteiger charge is 2.16. The van der Waals surface area contributed by atoms with Gasteiger partial charge in [0.2, 0.25) is 5.91 Å². The summed E-state index contributed by atoms with van der Waals surface area (Å²) >= 11 is 1.32. The van der Waals surface area contributed by atoms with Crippen molar-refractivity contribution < 1.29 is 14.3 Å². The number of rotatable bonds is 5. The van der Waals surface area contributed by atoms with Gasteiger partial charge in [0.25, 0.3) is 5.88 Å². The highest BCUT2D eigenvalue weighted by atomic mass is 32.1. The van der Waals surface area contributed by atoms with Gasteiger partial charge in [0, 0.05) is 28.8 Å². The fraction of sp³-hybridized carbons (Fsp3) is 0.111. The van der Waals surface area contributed by atoms with Gasteiger partial charge in [-0.15, -0.1) is 0 Å². The molecule has 2 heterocycles. The summed E-state index contributed by atoms with van der Waals surface area (Å²) in [6.07, 6.45) is 0.927. The maximum absolute atomic E-state index is 12.2. The molecule has 2 amide bonds. The lowest BCUT2D eigenvalue weighted by molar-refractivity contribution is 0.100. The van der Waals surface area contributed by atoms with Gasteiger partial charge in [-0.1, -0.05) is 17.4 Å². The summed E-state index contributed by atoms with van der Waals surface area (Å²) in [5.74, 6) is -0.382. The maximum atomic E-state index is 12.2. The molecular formula is C18H17N5O3S. The van der Waals surface area contributed by atoms with Crippen LogP contribution in [-0.2, 0) is 0 Å². The van der Waals surface area contributed by atoms with E-state index in [1.165, 1.54) is 11.3 Å². The molecule has 0 bridgehead atoms. The summed E-state index contributed by atoms with van der Waals surface area (Å²) in [4.78, 5) is 31.8. The molecule has 3 rings (SSSR count). The Hall–Kier alpha value is -3.46. The number of carbonyl (C=O) groups excluding carboxylic acids is 2. The number of benzene rings is 1. The largest absolute Gasteiger partial charge is 0.418 e. The van der Waals surface area contributed by atoms with Gasteiger partial charge in [-0.2, -0.15) is 0 Å². The number of anilines is 3. The molecule has 1 aromatic carbocycles. The molecular weight excluding hydrogens is 366 g/mol. The molecule has 0 aliphatic carbocycles. The Balaban J connectivity index is 1.75. The molecule has 9 heteroatoms. The quantitative estimate of drug-likeness (QED) is 0.619. The molecule has 0 aliphatic heterocycles. The minimum Gasteiger partial charge on any atom is -0.388 e. The highest BCUT2D eigenvalue weighted by Crippen LogP contribution is 2.34. The normalized spacial score (nSPS) is 10.3. The summed E-state index contributed by atoms with van der Waals surface area (Å²) in [7, 11) is 0. The molecule has 0 spiro atoms. The third-order valence-electron chi connectivity index (χ3n) is 3.44. The van der Waals surface area contributed by atoms with Crippen molar-refractivity contribution in [2.45, 2.75) is 13.8 Å². The third-order valence-corrected chi connectivity index (χ3v) is 4.31. The number of hydrogen-bond acceptors (Lipinski definition) is 7. The molecule has 0 saturated heterocycles. The van der Waals surface area contributed by atoms with Crippen molar-refractivity contribution in [1.82, 2.24) is 9.97 Å². The average molecular weight is 383 g/mol. The van der Waals surface area contributed by atoms with Gasteiger partial charge in [0.1, 0.15) is 0 Å². The monoisotopic (exact) mass is 383 g/mol. The number of primary amides is 1. The van der Waals surface area contributed by atoms with Crippen LogP contribution in [0.15, 0.2) is 42.6 Å². The van der Waals surface area contributed by atoms with Crippen molar-refractivity contribution in [2.75, 3.05) is 10.6 Å². The average Bonchev–Trinajstić information content (AvgIpc) is 2.93. The zero-order valence-electron chi connectivity index (χ0n) is 14.6. The summed E-state index contributed by atoms with van der Waals surface area (Å²) in [5.41, 5.74) is 7.65. The van der Waals surface area contributed by atoms with Crippen molar-refractivity contribution >= 4 is 39.7 Å². The number of ether oxygens (including phenoxy) is 1. The Morgan fingerprint density at radius 3 is 2.70 bits per heavy atom. The third kappa shape index (κ3) is 4.79. The predicted molar refractivity (Wildman–Crippen MR) is 104 cm³/mol. The standard InChI is InChI=1S/C18H17N5O3S/c1-10-8-14(6-7-20-10)23-18(25)26-16-17(27-11(2)21-16)22-13-5-3-4-12(9-13)15(19)24/h3-9,22H,1-2H3,(H2,19,24)(H,20,23,25). The number of aromatic nitrogens is 2. The lowest BCUT2D eigenvalue weighted by Gasteiger charge is -2.08. The van der Waals surface area contributed by atoms with Crippen LogP contribution in [0, 0.1) is 13.8 Å². The number of nitrogens with two attached hydrogens (primary N) is 1. The van der Waals surface area contributed by atoms with E-state index in [0.717, 1.165) is 5.69 Å². The van der Waals surface area contributed by atoms with E-state index in [9.17, 15) is 9.59 Å². The summed E-state index contributed by atoms with van der Waals surface area (Å²) in [6, 6.07) is 10.1. The molecule has 27 heavy (non-hydrogen) atoms. The fourth-order valence-electron chi connectivity index (χ4n) is 2.29. The van der Waals surface area contributed by atoms with Crippen molar-refractivity contribution in [1.29, 1.82) is 0 Å². The van der Waals surface area contributed by atoms with Gasteiger partial charge in [-0.3, -0.25) is 15.1 Å². The van der Waals surface area contributed by atoms with Gasteiger partial charge >= 0.3 is 6.09 Å². The Morgan fingerprint density at radius 2 is 1.96 bits per heavy atom. The van der Waals surface area contributed by atoms with E-state index in [0.29, 0.717) is 26.9 Å². The molecule has 8 nitrogen and oxygen atoms in total. The molecule has 0 saturated carbocycles. The van der Waals surface area contributed by atoms with Crippen LogP contribution in [0.5, 0.6) is 5.88 Å². The number of nitrogens with one attached hydrogen (secondary N) is 2. The minimum atomic E-state index is -0.667. The lowest BCUT2D eigenvalue weighted by Crippen LogP contribution is -2.17. The molecule has 4 N–H and O–H groups in total. The van der Waals surface area contributed by atoms with Gasteiger partial charge in [0.15, 0.2) is 5.00 Å².